The summed E-state index contributed by atoms with van der Waals surface area (Å²) in [7, 11) is 0. The maximum Gasteiger partial charge on any atom is 0.191 e. The van der Waals surface area contributed by atoms with E-state index < -0.39 is 0 Å². The van der Waals surface area contributed by atoms with E-state index in [0.717, 1.165) is 62.0 Å². The second-order valence-corrected chi connectivity index (χ2v) is 8.18. The highest BCUT2D eigenvalue weighted by Crippen LogP contribution is 2.24. The number of nitrogens with zero attached hydrogens (tertiary/aromatic N) is 3. The minimum absolute atomic E-state index is 0. The molecule has 0 saturated carbocycles. The number of hydrogen-bond acceptors (Lipinski definition) is 4. The van der Waals surface area contributed by atoms with Crippen LogP contribution in [0.4, 0.5) is 0 Å². The molecule has 2 unspecified atom stereocenters. The summed E-state index contributed by atoms with van der Waals surface area (Å²) in [5.74, 6) is 2.45. The maximum absolute atomic E-state index is 5.48. The molecule has 7 heteroatoms. The summed E-state index contributed by atoms with van der Waals surface area (Å²) in [5.41, 5.74) is 3.55. The van der Waals surface area contributed by atoms with E-state index in [0.29, 0.717) is 18.5 Å². The fourth-order valence-corrected chi connectivity index (χ4v) is 4.26. The quantitative estimate of drug-likeness (QED) is 0.281. The van der Waals surface area contributed by atoms with Gasteiger partial charge in [-0.25, -0.2) is 4.99 Å². The highest BCUT2D eigenvalue weighted by atomic mass is 127. The van der Waals surface area contributed by atoms with Crippen molar-refractivity contribution in [2.24, 2.45) is 10.9 Å². The van der Waals surface area contributed by atoms with Crippen molar-refractivity contribution in [2.75, 3.05) is 19.6 Å². The molecule has 2 atom stereocenters. The Hall–Kier alpha value is -1.61. The monoisotopic (exact) mass is 539 g/mol. The van der Waals surface area contributed by atoms with Gasteiger partial charge in [-0.15, -0.1) is 24.0 Å². The third-order valence-corrected chi connectivity index (χ3v) is 5.92. The molecule has 1 saturated heterocycles. The summed E-state index contributed by atoms with van der Waals surface area (Å²) in [4.78, 5) is 7.41. The number of benzene rings is 1. The zero-order valence-electron chi connectivity index (χ0n) is 19.4. The number of halogens is 1. The molecule has 0 spiro atoms. The molecule has 0 radical (unpaired) electrons. The molecule has 2 heterocycles. The van der Waals surface area contributed by atoms with E-state index in [2.05, 4.69) is 78.7 Å². The largest absolute Gasteiger partial charge is 0.361 e. The van der Waals surface area contributed by atoms with E-state index >= 15 is 0 Å². The van der Waals surface area contributed by atoms with Gasteiger partial charge in [0.25, 0.3) is 0 Å². The molecule has 2 aromatic rings. The fraction of sp³-hybridized carbons (Fsp3) is 0.583. The van der Waals surface area contributed by atoms with Crippen LogP contribution >= 0.6 is 24.0 Å². The molecule has 0 amide bonds. The molecule has 3 rings (SSSR count). The van der Waals surface area contributed by atoms with Gasteiger partial charge in [-0.3, -0.25) is 4.90 Å². The minimum Gasteiger partial charge on any atom is -0.361 e. The number of aromatic nitrogens is 1. The normalized spacial score (nSPS) is 19.3. The molecule has 1 aromatic carbocycles. The lowest BCUT2D eigenvalue weighted by atomic mass is 10.1. The smallest absolute Gasteiger partial charge is 0.191 e. The van der Waals surface area contributed by atoms with Gasteiger partial charge in [0, 0.05) is 44.2 Å². The van der Waals surface area contributed by atoms with Crippen LogP contribution in [0.15, 0.2) is 39.8 Å². The number of rotatable bonds is 9. The van der Waals surface area contributed by atoms with Crippen LogP contribution in [0.1, 0.15) is 56.7 Å². The summed E-state index contributed by atoms with van der Waals surface area (Å²) in [6.07, 6.45) is 2.93. The molecule has 31 heavy (non-hydrogen) atoms. The number of hydrogen-bond donors (Lipinski definition) is 2. The first-order valence-electron chi connectivity index (χ1n) is 11.4. The van der Waals surface area contributed by atoms with Gasteiger partial charge in [0.1, 0.15) is 5.76 Å². The first-order chi connectivity index (χ1) is 14.6. The molecule has 1 aromatic heterocycles. The third kappa shape index (κ3) is 7.20. The Labute approximate surface area is 204 Å². The minimum atomic E-state index is 0. The van der Waals surface area contributed by atoms with Crippen molar-refractivity contribution in [3.05, 3.63) is 52.9 Å². The van der Waals surface area contributed by atoms with Crippen molar-refractivity contribution in [1.82, 2.24) is 20.7 Å². The lowest BCUT2D eigenvalue weighted by Gasteiger charge is -2.21. The Balaban J connectivity index is 0.00000341. The molecular formula is C24H38IN5O. The molecule has 6 nitrogen and oxygen atoms in total. The van der Waals surface area contributed by atoms with Crippen LogP contribution in [0.2, 0.25) is 0 Å². The van der Waals surface area contributed by atoms with Crippen LogP contribution in [0.25, 0.3) is 0 Å². The van der Waals surface area contributed by atoms with Crippen LogP contribution in [-0.2, 0) is 25.9 Å². The number of guanidine groups is 1. The Kier molecular flexibility index (Phi) is 10.8. The first-order valence-corrected chi connectivity index (χ1v) is 11.4. The van der Waals surface area contributed by atoms with E-state index in [9.17, 15) is 0 Å². The standard InChI is InChI=1S/C24H37N5O.HI/c1-5-22-21(23(6-2)30-28-22)15-27-24(25-7-3)26-14-20-13-18(4)29(17-20)16-19-11-9-8-10-12-19;/h8-12,18,20H,5-7,13-17H2,1-4H3,(H2,25,26,27);1H. The lowest BCUT2D eigenvalue weighted by molar-refractivity contribution is 0.255. The zero-order chi connectivity index (χ0) is 21.3. The van der Waals surface area contributed by atoms with E-state index in [1.54, 1.807) is 0 Å². The molecule has 1 fully saturated rings. The zero-order valence-corrected chi connectivity index (χ0v) is 21.7. The SMILES string of the molecule is CCNC(=NCc1c(CC)noc1CC)NCC1CC(C)N(Cc2ccccc2)C1.I. The van der Waals surface area contributed by atoms with Crippen molar-refractivity contribution < 1.29 is 4.52 Å². The summed E-state index contributed by atoms with van der Waals surface area (Å²) in [5, 5.41) is 11.1. The van der Waals surface area contributed by atoms with Gasteiger partial charge in [-0.2, -0.15) is 0 Å². The van der Waals surface area contributed by atoms with Gasteiger partial charge in [0.05, 0.1) is 12.2 Å². The second kappa shape index (κ2) is 13.1. The van der Waals surface area contributed by atoms with Crippen LogP contribution < -0.4 is 10.6 Å². The average Bonchev–Trinajstić information content (AvgIpc) is 3.33. The van der Waals surface area contributed by atoms with E-state index in [1.165, 1.54) is 12.0 Å². The van der Waals surface area contributed by atoms with Crippen molar-refractivity contribution in [1.29, 1.82) is 0 Å². The van der Waals surface area contributed by atoms with Crippen LogP contribution in [0.3, 0.4) is 0 Å². The van der Waals surface area contributed by atoms with Gasteiger partial charge in [0.15, 0.2) is 5.96 Å². The summed E-state index contributed by atoms with van der Waals surface area (Å²) in [6.45, 7) is 13.2. The molecule has 2 N–H and O–H groups in total. The summed E-state index contributed by atoms with van der Waals surface area (Å²) in [6, 6.07) is 11.4. The Morgan fingerprint density at radius 2 is 1.94 bits per heavy atom. The Morgan fingerprint density at radius 1 is 1.16 bits per heavy atom. The second-order valence-electron chi connectivity index (χ2n) is 8.18. The molecule has 172 valence electrons. The van der Waals surface area contributed by atoms with Gasteiger partial charge >= 0.3 is 0 Å². The van der Waals surface area contributed by atoms with Crippen molar-refractivity contribution in [2.45, 2.75) is 66.1 Å². The first kappa shape index (κ1) is 25.6. The van der Waals surface area contributed by atoms with E-state index in [-0.39, 0.29) is 24.0 Å². The predicted molar refractivity (Wildman–Crippen MR) is 138 cm³/mol. The molecule has 0 aliphatic carbocycles. The average molecular weight is 540 g/mol. The van der Waals surface area contributed by atoms with Gasteiger partial charge in [-0.05, 0) is 38.2 Å². The van der Waals surface area contributed by atoms with Crippen LogP contribution in [0, 0.1) is 5.92 Å². The highest BCUT2D eigenvalue weighted by molar-refractivity contribution is 14.0. The maximum atomic E-state index is 5.48. The summed E-state index contributed by atoms with van der Waals surface area (Å²) >= 11 is 0. The molecule has 1 aliphatic heterocycles. The van der Waals surface area contributed by atoms with Crippen molar-refractivity contribution in [3.63, 3.8) is 0 Å². The molecular weight excluding hydrogens is 501 g/mol. The number of aryl methyl sites for hydroxylation is 2. The Bertz CT molecular complexity index is 786. The Morgan fingerprint density at radius 3 is 2.61 bits per heavy atom. The van der Waals surface area contributed by atoms with Gasteiger partial charge < -0.3 is 15.2 Å². The summed E-state index contributed by atoms with van der Waals surface area (Å²) < 4.78 is 5.48. The fourth-order valence-electron chi connectivity index (χ4n) is 4.26. The van der Waals surface area contributed by atoms with Gasteiger partial charge in [0.2, 0.25) is 0 Å². The van der Waals surface area contributed by atoms with Crippen LogP contribution in [-0.4, -0.2) is 41.7 Å². The molecule has 0 bridgehead atoms. The number of nitrogens with one attached hydrogen (secondary N) is 2. The van der Waals surface area contributed by atoms with Crippen LogP contribution in [0.5, 0.6) is 0 Å². The topological polar surface area (TPSA) is 65.7 Å². The van der Waals surface area contributed by atoms with Crippen molar-refractivity contribution >= 4 is 29.9 Å². The lowest BCUT2D eigenvalue weighted by Crippen LogP contribution is -2.40. The molecule has 1 aliphatic rings. The number of likely N-dealkylation sites (tertiary alicyclic amines) is 1. The predicted octanol–water partition coefficient (Wildman–Crippen LogP) is 4.38. The van der Waals surface area contributed by atoms with Crippen molar-refractivity contribution in [3.8, 4) is 0 Å². The third-order valence-electron chi connectivity index (χ3n) is 5.92. The number of aliphatic imine (C=N–C) groups is 1. The van der Waals surface area contributed by atoms with E-state index in [1.807, 2.05) is 0 Å². The van der Waals surface area contributed by atoms with E-state index in [4.69, 9.17) is 9.52 Å². The van der Waals surface area contributed by atoms with Gasteiger partial charge in [-0.1, -0.05) is 49.3 Å². The highest BCUT2D eigenvalue weighted by Gasteiger charge is 2.28.